The number of aromatic nitrogens is 3. The van der Waals surface area contributed by atoms with Crippen molar-refractivity contribution < 1.29 is 52.5 Å². The van der Waals surface area contributed by atoms with Crippen LogP contribution in [-0.2, 0) is 59.1 Å². The van der Waals surface area contributed by atoms with Gasteiger partial charge in [-0.1, -0.05) is 88.7 Å². The van der Waals surface area contributed by atoms with Gasteiger partial charge in [-0.3, -0.25) is 28.8 Å². The molecule has 6 aliphatic rings. The van der Waals surface area contributed by atoms with Crippen molar-refractivity contribution in [3.05, 3.63) is 65.5 Å². The molecule has 8 rings (SSSR count). The molecule has 5 aliphatic carbocycles. The zero-order valence-corrected chi connectivity index (χ0v) is 40.9. The summed E-state index contributed by atoms with van der Waals surface area (Å²) < 4.78 is 29.6. The number of carbonyl (C=O) groups is 6. The second-order valence-electron chi connectivity index (χ2n) is 22.6. The van der Waals surface area contributed by atoms with Crippen LogP contribution in [0.15, 0.2) is 54.3 Å². The van der Waals surface area contributed by atoms with Gasteiger partial charge in [0, 0.05) is 32.6 Å². The largest absolute Gasteiger partial charge is 0.463 e. The predicted octanol–water partition coefficient (Wildman–Crippen LogP) is 8.52. The van der Waals surface area contributed by atoms with E-state index in [1.54, 1.807) is 6.08 Å². The van der Waals surface area contributed by atoms with E-state index in [-0.39, 0.29) is 81.5 Å². The monoisotopic (exact) mass is 923 g/mol. The van der Waals surface area contributed by atoms with Crippen molar-refractivity contribution in [3.8, 4) is 0 Å². The number of benzene rings is 1. The minimum atomic E-state index is -1.14. The molecule has 2 heterocycles. The second kappa shape index (κ2) is 17.5. The van der Waals surface area contributed by atoms with Crippen LogP contribution >= 0.6 is 0 Å². The number of carbonyl (C=O) groups excluding carboxylic acids is 6. The van der Waals surface area contributed by atoms with Crippen molar-refractivity contribution in [2.45, 2.75) is 158 Å². The molecule has 1 aromatic carbocycles. The molecular formula is C53H69N3O11. The third-order valence-electron chi connectivity index (χ3n) is 18.2. The van der Waals surface area contributed by atoms with Crippen LogP contribution in [0.4, 0.5) is 0 Å². The molecule has 5 fully saturated rings. The number of ether oxygens (including phenoxy) is 5. The van der Waals surface area contributed by atoms with Gasteiger partial charge < -0.3 is 23.7 Å². The standard InChI is InChI=1S/C53H69N3O11/c1-31(57)63-30-41-43(65-32(2)58)44(66-33(3)59)46(67-41)56-28-35(54-55-56)29-64-47(62)50(7)23-22-49(6)24-25-52(9)37(38(49)27-50)26-40(61)45-51(8)20-18-36(39(60)17-16-34-14-12-11-13-15-34)48(4,5)42(51)19-21-53(45,52)10/h11-17,26,28,36,38,41-46H,18-25,27,29-30H2,1-10H3/b17-16+/t36-,38-,41+,42?,43+,44+,45-,46?,49-,50+,51+,52-,53-/m1/s1. The van der Waals surface area contributed by atoms with Crippen LogP contribution in [0.2, 0.25) is 0 Å². The first-order valence-corrected chi connectivity index (χ1v) is 24.2. The highest BCUT2D eigenvalue weighted by atomic mass is 16.7. The van der Waals surface area contributed by atoms with Crippen molar-refractivity contribution in [2.24, 2.45) is 56.2 Å². The summed E-state index contributed by atoms with van der Waals surface area (Å²) >= 11 is 0. The lowest BCUT2D eigenvalue weighted by atomic mass is 9.33. The van der Waals surface area contributed by atoms with Crippen LogP contribution in [0, 0.1) is 56.2 Å². The predicted molar refractivity (Wildman–Crippen MR) is 245 cm³/mol. The van der Waals surface area contributed by atoms with E-state index in [1.807, 2.05) is 49.4 Å². The fourth-order valence-electron chi connectivity index (χ4n) is 14.5. The zero-order valence-electron chi connectivity index (χ0n) is 40.9. The molecule has 0 spiro atoms. The van der Waals surface area contributed by atoms with E-state index in [0.717, 1.165) is 50.5 Å². The third-order valence-corrected chi connectivity index (χ3v) is 18.2. The molecule has 2 aromatic rings. The Kier molecular flexibility index (Phi) is 12.7. The molecule has 0 bridgehead atoms. The number of nitrogens with zero attached hydrogens (tertiary/aromatic N) is 3. The average Bonchev–Trinajstić information content (AvgIpc) is 3.86. The Bertz CT molecular complexity index is 2370. The highest BCUT2D eigenvalue weighted by Crippen LogP contribution is 2.75. The molecular weight excluding hydrogens is 855 g/mol. The number of allylic oxidation sites excluding steroid dienone is 3. The number of rotatable bonds is 11. The van der Waals surface area contributed by atoms with E-state index >= 15 is 4.79 Å². The topological polar surface area (TPSA) is 179 Å². The van der Waals surface area contributed by atoms with Crippen molar-refractivity contribution >= 4 is 41.5 Å². The summed E-state index contributed by atoms with van der Waals surface area (Å²) in [5, 5.41) is 8.41. The number of fused-ring (bicyclic) bond motifs is 7. The smallest absolute Gasteiger partial charge is 0.312 e. The number of esters is 4. The zero-order chi connectivity index (χ0) is 48.5. The first-order chi connectivity index (χ1) is 31.5. The average molecular weight is 924 g/mol. The molecule has 2 unspecified atom stereocenters. The fraction of sp³-hybridized carbons (Fsp3) is 0.660. The summed E-state index contributed by atoms with van der Waals surface area (Å²) in [5.74, 6) is -1.93. The van der Waals surface area contributed by atoms with Gasteiger partial charge in [0.2, 0.25) is 0 Å². The molecule has 13 atom stereocenters. The summed E-state index contributed by atoms with van der Waals surface area (Å²) in [6, 6.07) is 9.94. The Labute approximate surface area is 394 Å². The Hall–Kier alpha value is -4.98. The molecule has 4 saturated carbocycles. The van der Waals surface area contributed by atoms with Crippen LogP contribution in [0.3, 0.4) is 0 Å². The number of hydrogen-bond acceptors (Lipinski definition) is 13. The first kappa shape index (κ1) is 48.5. The van der Waals surface area contributed by atoms with E-state index < -0.39 is 47.9 Å². The van der Waals surface area contributed by atoms with Gasteiger partial charge in [-0.25, -0.2) is 4.68 Å². The fourth-order valence-corrected chi connectivity index (χ4v) is 14.5. The minimum Gasteiger partial charge on any atom is -0.463 e. The Balaban J connectivity index is 0.986. The van der Waals surface area contributed by atoms with Crippen LogP contribution in [-0.4, -0.2) is 75.4 Å². The molecule has 14 nitrogen and oxygen atoms in total. The molecule has 67 heavy (non-hydrogen) atoms. The second-order valence-corrected chi connectivity index (χ2v) is 22.6. The van der Waals surface area contributed by atoms with Crippen molar-refractivity contribution in [2.75, 3.05) is 6.61 Å². The molecule has 0 radical (unpaired) electrons. The lowest BCUT2D eigenvalue weighted by Crippen LogP contribution is -2.66. The van der Waals surface area contributed by atoms with E-state index in [1.165, 1.54) is 37.2 Å². The van der Waals surface area contributed by atoms with Gasteiger partial charge in [-0.15, -0.1) is 5.10 Å². The maximum absolute atomic E-state index is 15.1. The third kappa shape index (κ3) is 8.41. The normalized spacial score (nSPS) is 38.6. The van der Waals surface area contributed by atoms with Crippen molar-refractivity contribution in [1.29, 1.82) is 0 Å². The highest BCUT2D eigenvalue weighted by molar-refractivity contribution is 5.97. The summed E-state index contributed by atoms with van der Waals surface area (Å²) in [5.41, 5.74) is 0.500. The van der Waals surface area contributed by atoms with Gasteiger partial charge in [-0.2, -0.15) is 0 Å². The molecule has 0 amide bonds. The summed E-state index contributed by atoms with van der Waals surface area (Å²) in [6.45, 7) is 19.2. The molecule has 1 saturated heterocycles. The van der Waals surface area contributed by atoms with Crippen molar-refractivity contribution in [1.82, 2.24) is 15.0 Å². The van der Waals surface area contributed by atoms with Crippen molar-refractivity contribution in [3.63, 3.8) is 0 Å². The van der Waals surface area contributed by atoms with Gasteiger partial charge >= 0.3 is 23.9 Å². The Morgan fingerprint density at radius 1 is 0.821 bits per heavy atom. The van der Waals surface area contributed by atoms with Gasteiger partial charge in [0.25, 0.3) is 0 Å². The van der Waals surface area contributed by atoms with Gasteiger partial charge in [-0.05, 0) is 121 Å². The summed E-state index contributed by atoms with van der Waals surface area (Å²) in [7, 11) is 0. The van der Waals surface area contributed by atoms with Gasteiger partial charge in [0.15, 0.2) is 30.0 Å². The summed E-state index contributed by atoms with van der Waals surface area (Å²) in [4.78, 5) is 79.1. The number of ketones is 2. The molecule has 14 heteroatoms. The minimum absolute atomic E-state index is 0.00898. The number of hydrogen-bond donors (Lipinski definition) is 0. The summed E-state index contributed by atoms with van der Waals surface area (Å²) in [6.07, 6.45) is 10.3. The van der Waals surface area contributed by atoms with E-state index in [0.29, 0.717) is 18.5 Å². The maximum Gasteiger partial charge on any atom is 0.312 e. The van der Waals surface area contributed by atoms with Gasteiger partial charge in [0.05, 0.1) is 11.6 Å². The van der Waals surface area contributed by atoms with Crippen LogP contribution < -0.4 is 0 Å². The highest BCUT2D eigenvalue weighted by Gasteiger charge is 2.70. The van der Waals surface area contributed by atoms with Gasteiger partial charge in [0.1, 0.15) is 25.0 Å². The van der Waals surface area contributed by atoms with E-state index in [9.17, 15) is 24.0 Å². The SMILES string of the molecule is CC(=O)OC[C@@H]1OC(n2cc(COC(=O)[C@@]3(C)CC[C@]4(C)CC[C@]5(C)C(=CC(=O)[C@@H]6[C@@]7(C)CC[C@H](C(=O)/C=C/c8ccccc8)C(C)(C)C7CC[C@]65C)[C@H]4C3)nn2)[C@@H](OC(C)=O)[C@H]1OC(C)=O. The van der Waals surface area contributed by atoms with E-state index in [4.69, 9.17) is 23.7 Å². The van der Waals surface area contributed by atoms with Crippen LogP contribution in [0.1, 0.15) is 145 Å². The molecule has 362 valence electrons. The Morgan fingerprint density at radius 2 is 1.51 bits per heavy atom. The molecule has 1 aliphatic heterocycles. The van der Waals surface area contributed by atoms with Crippen LogP contribution in [0.5, 0.6) is 0 Å². The van der Waals surface area contributed by atoms with E-state index in [2.05, 4.69) is 51.9 Å². The first-order valence-electron chi connectivity index (χ1n) is 24.2. The molecule has 0 N–H and O–H groups in total. The molecule has 1 aromatic heterocycles. The maximum atomic E-state index is 15.1. The Morgan fingerprint density at radius 3 is 2.19 bits per heavy atom. The van der Waals surface area contributed by atoms with Crippen LogP contribution in [0.25, 0.3) is 6.08 Å². The quantitative estimate of drug-likeness (QED) is 0.119. The lowest BCUT2D eigenvalue weighted by Gasteiger charge is -2.70. The lowest BCUT2D eigenvalue weighted by molar-refractivity contribution is -0.194.